The molecule has 0 saturated carbocycles. The lowest BCUT2D eigenvalue weighted by Gasteiger charge is -2.05. The number of nitrogens with zero attached hydrogens (tertiary/aromatic N) is 2. The van der Waals surface area contributed by atoms with E-state index in [-0.39, 0.29) is 5.91 Å². The first kappa shape index (κ1) is 12.6. The third kappa shape index (κ3) is 3.60. The number of imidazole rings is 1. The summed E-state index contributed by atoms with van der Waals surface area (Å²) in [5, 5.41) is 0.678. The number of hydrogen-bond acceptors (Lipinski definition) is 3. The van der Waals surface area contributed by atoms with Gasteiger partial charge in [-0.3, -0.25) is 9.36 Å². The van der Waals surface area contributed by atoms with Crippen molar-refractivity contribution in [3.8, 4) is 5.75 Å². The average Bonchev–Trinajstić information content (AvgIpc) is 2.90. The average molecular weight is 265 g/mol. The Hall–Kier alpha value is -1.81. The fourth-order valence-corrected chi connectivity index (χ4v) is 1.61. The van der Waals surface area contributed by atoms with Crippen LogP contribution in [0, 0.1) is 0 Å². The smallest absolute Gasteiger partial charge is 0.231 e. The van der Waals surface area contributed by atoms with Crippen LogP contribution < -0.4 is 4.74 Å². The molecule has 0 fully saturated rings. The lowest BCUT2D eigenvalue weighted by Crippen LogP contribution is -2.09. The third-order valence-electron chi connectivity index (χ3n) is 2.41. The summed E-state index contributed by atoms with van der Waals surface area (Å²) in [4.78, 5) is 15.4. The number of rotatable bonds is 5. The molecule has 0 bridgehead atoms. The molecular weight excluding hydrogens is 252 g/mol. The second-order valence-corrected chi connectivity index (χ2v) is 4.21. The molecule has 0 unspecified atom stereocenters. The maximum atomic E-state index is 11.6. The van der Waals surface area contributed by atoms with Crippen LogP contribution in [0.25, 0.3) is 0 Å². The largest absolute Gasteiger partial charge is 0.494 e. The van der Waals surface area contributed by atoms with Gasteiger partial charge in [0.15, 0.2) is 0 Å². The standard InChI is InChI=1S/C13H13ClN2O2/c14-11-3-5-12(6-4-11)18-9-1-2-13(17)16-8-7-15-10-16/h3-8,10H,1-2,9H2. The van der Waals surface area contributed by atoms with Gasteiger partial charge >= 0.3 is 0 Å². The van der Waals surface area contributed by atoms with Crippen LogP contribution in [0.5, 0.6) is 5.75 Å². The van der Waals surface area contributed by atoms with Gasteiger partial charge in [0.25, 0.3) is 0 Å². The van der Waals surface area contributed by atoms with Gasteiger partial charge < -0.3 is 4.74 Å². The molecule has 0 amide bonds. The third-order valence-corrected chi connectivity index (χ3v) is 2.66. The van der Waals surface area contributed by atoms with Crippen molar-refractivity contribution in [3.63, 3.8) is 0 Å². The van der Waals surface area contributed by atoms with Gasteiger partial charge in [0.05, 0.1) is 6.61 Å². The number of hydrogen-bond donors (Lipinski definition) is 0. The Balaban J connectivity index is 1.70. The van der Waals surface area contributed by atoms with Crippen LogP contribution in [0.4, 0.5) is 0 Å². The van der Waals surface area contributed by atoms with E-state index in [4.69, 9.17) is 16.3 Å². The second-order valence-electron chi connectivity index (χ2n) is 3.77. The molecule has 0 atom stereocenters. The predicted octanol–water partition coefficient (Wildman–Crippen LogP) is 3.04. The Labute approximate surface area is 110 Å². The molecular formula is C13H13ClN2O2. The number of benzene rings is 1. The Bertz CT molecular complexity index is 494. The number of halogens is 1. The number of carbonyl (C=O) groups excluding carboxylic acids is 1. The summed E-state index contributed by atoms with van der Waals surface area (Å²) >= 11 is 5.76. The zero-order valence-corrected chi connectivity index (χ0v) is 10.5. The Morgan fingerprint density at radius 2 is 2.11 bits per heavy atom. The lowest BCUT2D eigenvalue weighted by molar-refractivity contribution is 0.0893. The minimum Gasteiger partial charge on any atom is -0.494 e. The zero-order valence-electron chi connectivity index (χ0n) is 9.75. The minimum absolute atomic E-state index is 0.0206. The molecule has 0 radical (unpaired) electrons. The first-order valence-corrected chi connectivity index (χ1v) is 6.03. The SMILES string of the molecule is O=C(CCCOc1ccc(Cl)cc1)n1ccnc1. The van der Waals surface area contributed by atoms with Crippen molar-refractivity contribution < 1.29 is 9.53 Å². The van der Waals surface area contributed by atoms with Crippen molar-refractivity contribution in [1.29, 1.82) is 0 Å². The van der Waals surface area contributed by atoms with Crippen LogP contribution >= 0.6 is 11.6 Å². The zero-order chi connectivity index (χ0) is 12.8. The van der Waals surface area contributed by atoms with Crippen molar-refractivity contribution in [2.45, 2.75) is 12.8 Å². The van der Waals surface area contributed by atoms with E-state index in [1.165, 1.54) is 10.9 Å². The highest BCUT2D eigenvalue weighted by Crippen LogP contribution is 2.15. The summed E-state index contributed by atoms with van der Waals surface area (Å²) in [6.07, 6.45) is 5.83. The topological polar surface area (TPSA) is 44.1 Å². The molecule has 4 nitrogen and oxygen atoms in total. The maximum Gasteiger partial charge on any atom is 0.231 e. The minimum atomic E-state index is 0.0206. The van der Waals surface area contributed by atoms with E-state index in [2.05, 4.69) is 4.98 Å². The van der Waals surface area contributed by atoms with Crippen molar-refractivity contribution in [3.05, 3.63) is 48.0 Å². The van der Waals surface area contributed by atoms with Gasteiger partial charge in [0.1, 0.15) is 12.1 Å². The van der Waals surface area contributed by atoms with Crippen LogP contribution in [-0.2, 0) is 0 Å². The fourth-order valence-electron chi connectivity index (χ4n) is 1.48. The van der Waals surface area contributed by atoms with Gasteiger partial charge in [-0.25, -0.2) is 4.98 Å². The van der Waals surface area contributed by atoms with Crippen LogP contribution in [0.1, 0.15) is 17.6 Å². The molecule has 0 aliphatic heterocycles. The van der Waals surface area contributed by atoms with Gasteiger partial charge in [-0.2, -0.15) is 0 Å². The fraction of sp³-hybridized carbons (Fsp3) is 0.231. The van der Waals surface area contributed by atoms with E-state index >= 15 is 0 Å². The summed E-state index contributed by atoms with van der Waals surface area (Å²) < 4.78 is 6.97. The second kappa shape index (κ2) is 6.21. The van der Waals surface area contributed by atoms with Crippen LogP contribution in [0.15, 0.2) is 43.0 Å². The van der Waals surface area contributed by atoms with E-state index in [1.54, 1.807) is 36.7 Å². The lowest BCUT2D eigenvalue weighted by atomic mass is 10.3. The van der Waals surface area contributed by atoms with Gasteiger partial charge in [0, 0.05) is 23.8 Å². The molecule has 1 aromatic carbocycles. The summed E-state index contributed by atoms with van der Waals surface area (Å²) in [6.45, 7) is 0.502. The van der Waals surface area contributed by atoms with E-state index in [1.807, 2.05) is 0 Å². The molecule has 5 heteroatoms. The van der Waals surface area contributed by atoms with E-state index in [0.29, 0.717) is 24.5 Å². The summed E-state index contributed by atoms with van der Waals surface area (Å²) in [7, 11) is 0. The molecule has 1 heterocycles. The molecule has 0 aliphatic carbocycles. The monoisotopic (exact) mass is 264 g/mol. The van der Waals surface area contributed by atoms with Gasteiger partial charge in [-0.05, 0) is 30.7 Å². The van der Waals surface area contributed by atoms with Crippen molar-refractivity contribution in [2.75, 3.05) is 6.61 Å². The highest BCUT2D eigenvalue weighted by molar-refractivity contribution is 6.30. The highest BCUT2D eigenvalue weighted by atomic mass is 35.5. The van der Waals surface area contributed by atoms with Gasteiger partial charge in [-0.1, -0.05) is 11.6 Å². The normalized spacial score (nSPS) is 10.3. The van der Waals surface area contributed by atoms with E-state index < -0.39 is 0 Å². The molecule has 18 heavy (non-hydrogen) atoms. The van der Waals surface area contributed by atoms with Gasteiger partial charge in [0.2, 0.25) is 5.91 Å². The first-order valence-electron chi connectivity index (χ1n) is 5.65. The molecule has 94 valence electrons. The molecule has 0 aliphatic rings. The Morgan fingerprint density at radius 1 is 1.33 bits per heavy atom. The number of ether oxygens (including phenoxy) is 1. The number of aromatic nitrogens is 2. The van der Waals surface area contributed by atoms with Crippen molar-refractivity contribution >= 4 is 17.5 Å². The Kier molecular flexibility index (Phi) is 4.36. The van der Waals surface area contributed by atoms with Gasteiger partial charge in [-0.15, -0.1) is 0 Å². The molecule has 2 aromatic rings. The predicted molar refractivity (Wildman–Crippen MR) is 69.0 cm³/mol. The summed E-state index contributed by atoms with van der Waals surface area (Å²) in [6, 6.07) is 7.15. The van der Waals surface area contributed by atoms with Crippen LogP contribution in [-0.4, -0.2) is 22.1 Å². The summed E-state index contributed by atoms with van der Waals surface area (Å²) in [5.41, 5.74) is 0. The van der Waals surface area contributed by atoms with E-state index in [9.17, 15) is 4.79 Å². The first-order chi connectivity index (χ1) is 8.75. The molecule has 2 rings (SSSR count). The number of carbonyl (C=O) groups is 1. The molecule has 0 saturated heterocycles. The van der Waals surface area contributed by atoms with Crippen LogP contribution in [0.2, 0.25) is 5.02 Å². The maximum absolute atomic E-state index is 11.6. The molecule has 0 spiro atoms. The molecule has 0 N–H and O–H groups in total. The van der Waals surface area contributed by atoms with Crippen molar-refractivity contribution in [2.24, 2.45) is 0 Å². The Morgan fingerprint density at radius 3 is 2.78 bits per heavy atom. The molecule has 1 aromatic heterocycles. The van der Waals surface area contributed by atoms with Crippen molar-refractivity contribution in [1.82, 2.24) is 9.55 Å². The summed E-state index contributed by atoms with van der Waals surface area (Å²) in [5.74, 6) is 0.779. The van der Waals surface area contributed by atoms with Crippen LogP contribution in [0.3, 0.4) is 0 Å². The quantitative estimate of drug-likeness (QED) is 0.780. The van der Waals surface area contributed by atoms with E-state index in [0.717, 1.165) is 5.75 Å². The highest BCUT2D eigenvalue weighted by Gasteiger charge is 2.03.